The number of thiophene rings is 1. The number of carbonyl (C=O) groups excluding carboxylic acids is 2. The summed E-state index contributed by atoms with van der Waals surface area (Å²) in [6, 6.07) is 5.46. The van der Waals surface area contributed by atoms with Crippen molar-refractivity contribution in [2.24, 2.45) is 0 Å². The van der Waals surface area contributed by atoms with Crippen molar-refractivity contribution < 1.29 is 19.2 Å². The van der Waals surface area contributed by atoms with Gasteiger partial charge in [0, 0.05) is 17.0 Å². The molecule has 138 valence electrons. The molecule has 27 heavy (non-hydrogen) atoms. The van der Waals surface area contributed by atoms with Crippen LogP contribution < -0.4 is 5.32 Å². The number of non-ortho nitro benzene ring substituents is 1. The molecule has 0 unspecified atom stereocenters. The van der Waals surface area contributed by atoms with Gasteiger partial charge in [0.1, 0.15) is 11.1 Å². The maximum Gasteiger partial charge on any atom is 0.340 e. The van der Waals surface area contributed by atoms with Gasteiger partial charge in [-0.05, 0) is 30.9 Å². The first kappa shape index (κ1) is 18.8. The second-order valence-electron chi connectivity index (χ2n) is 5.72. The fraction of sp³-hybridized carbons (Fsp3) is 0.235. The van der Waals surface area contributed by atoms with Gasteiger partial charge >= 0.3 is 5.97 Å². The molecular formula is C17H12ClN3O5S. The number of benzene rings is 1. The molecule has 0 bridgehead atoms. The van der Waals surface area contributed by atoms with Crippen LogP contribution in [0.25, 0.3) is 0 Å². The number of nitriles is 1. The van der Waals surface area contributed by atoms with Crippen molar-refractivity contribution in [1.29, 1.82) is 5.26 Å². The molecule has 10 heteroatoms. The van der Waals surface area contributed by atoms with E-state index in [9.17, 15) is 25.0 Å². The third kappa shape index (κ3) is 3.92. The lowest BCUT2D eigenvalue weighted by Crippen LogP contribution is -2.21. The highest BCUT2D eigenvalue weighted by molar-refractivity contribution is 7.16. The van der Waals surface area contributed by atoms with Crippen molar-refractivity contribution in [2.75, 3.05) is 11.9 Å². The normalized spacial score (nSPS) is 12.1. The van der Waals surface area contributed by atoms with Gasteiger partial charge in [0.15, 0.2) is 6.61 Å². The van der Waals surface area contributed by atoms with Gasteiger partial charge in [-0.25, -0.2) is 4.79 Å². The van der Waals surface area contributed by atoms with Gasteiger partial charge in [0.05, 0.1) is 21.1 Å². The number of fused-ring (bicyclic) bond motifs is 1. The lowest BCUT2D eigenvalue weighted by molar-refractivity contribution is -0.384. The Bertz CT molecular complexity index is 995. The van der Waals surface area contributed by atoms with Crippen LogP contribution in [0.3, 0.4) is 0 Å². The average molecular weight is 406 g/mol. The number of halogens is 1. The molecule has 8 nitrogen and oxygen atoms in total. The number of hydrogen-bond acceptors (Lipinski definition) is 7. The van der Waals surface area contributed by atoms with Crippen LogP contribution >= 0.6 is 22.9 Å². The first-order valence-corrected chi connectivity index (χ1v) is 9.05. The van der Waals surface area contributed by atoms with Crippen molar-refractivity contribution in [3.05, 3.63) is 54.9 Å². The van der Waals surface area contributed by atoms with Crippen molar-refractivity contribution in [3.63, 3.8) is 0 Å². The van der Waals surface area contributed by atoms with E-state index < -0.39 is 23.4 Å². The minimum absolute atomic E-state index is 0.0209. The summed E-state index contributed by atoms with van der Waals surface area (Å²) in [7, 11) is 0. The van der Waals surface area contributed by atoms with Crippen LogP contribution in [0.15, 0.2) is 18.2 Å². The number of nitrogens with one attached hydrogen (secondary N) is 1. The maximum absolute atomic E-state index is 12.1. The smallest absolute Gasteiger partial charge is 0.340 e. The number of ether oxygens (including phenoxy) is 1. The number of anilines is 1. The van der Waals surface area contributed by atoms with E-state index in [0.717, 1.165) is 41.8 Å². The Balaban J connectivity index is 1.65. The van der Waals surface area contributed by atoms with Crippen LogP contribution in [0.5, 0.6) is 0 Å². The Kier molecular flexibility index (Phi) is 5.39. The Labute approximate surface area is 162 Å². The third-order valence-electron chi connectivity index (χ3n) is 4.00. The van der Waals surface area contributed by atoms with E-state index in [-0.39, 0.29) is 16.3 Å². The highest BCUT2D eigenvalue weighted by atomic mass is 35.5. The number of carbonyl (C=O) groups is 2. The van der Waals surface area contributed by atoms with Crippen LogP contribution in [-0.2, 0) is 22.4 Å². The highest BCUT2D eigenvalue weighted by Gasteiger charge is 2.24. The van der Waals surface area contributed by atoms with Gasteiger partial charge in [-0.15, -0.1) is 11.3 Å². The second kappa shape index (κ2) is 7.73. The largest absolute Gasteiger partial charge is 0.452 e. The molecule has 1 aromatic heterocycles. The van der Waals surface area contributed by atoms with Crippen molar-refractivity contribution in [1.82, 2.24) is 0 Å². The van der Waals surface area contributed by atoms with Crippen LogP contribution in [0.1, 0.15) is 32.8 Å². The molecule has 1 aromatic carbocycles. The zero-order chi connectivity index (χ0) is 19.6. The Morgan fingerprint density at radius 2 is 2.19 bits per heavy atom. The fourth-order valence-corrected chi connectivity index (χ4v) is 4.22. The number of nitrogens with zero attached hydrogens (tertiary/aromatic N) is 2. The summed E-state index contributed by atoms with van der Waals surface area (Å²) < 4.78 is 4.89. The Hall–Kier alpha value is -2.96. The number of hydrogen-bond donors (Lipinski definition) is 1. The zero-order valence-electron chi connectivity index (χ0n) is 13.8. The number of aryl methyl sites for hydroxylation is 1. The summed E-state index contributed by atoms with van der Waals surface area (Å²) in [4.78, 5) is 35.4. The molecule has 2 aromatic rings. The van der Waals surface area contributed by atoms with Crippen LogP contribution in [0, 0.1) is 21.4 Å². The van der Waals surface area contributed by atoms with Gasteiger partial charge in [0.2, 0.25) is 0 Å². The number of amides is 1. The van der Waals surface area contributed by atoms with Crippen LogP contribution in [0.4, 0.5) is 10.7 Å². The molecule has 1 aliphatic rings. The highest BCUT2D eigenvalue weighted by Crippen LogP contribution is 2.38. The van der Waals surface area contributed by atoms with Crippen molar-refractivity contribution in [3.8, 4) is 6.07 Å². The maximum atomic E-state index is 12.1. The second-order valence-corrected chi connectivity index (χ2v) is 7.23. The van der Waals surface area contributed by atoms with E-state index in [1.54, 1.807) is 0 Å². The minimum atomic E-state index is -0.951. The summed E-state index contributed by atoms with van der Waals surface area (Å²) in [5.74, 6) is -1.56. The number of esters is 1. The van der Waals surface area contributed by atoms with Crippen LogP contribution in [0.2, 0.25) is 5.02 Å². The molecule has 0 fully saturated rings. The topological polar surface area (TPSA) is 122 Å². The lowest BCUT2D eigenvalue weighted by atomic mass is 10.1. The summed E-state index contributed by atoms with van der Waals surface area (Å²) in [6.07, 6.45) is 2.68. The van der Waals surface area contributed by atoms with Gasteiger partial charge in [-0.1, -0.05) is 11.6 Å². The predicted molar refractivity (Wildman–Crippen MR) is 98.1 cm³/mol. The average Bonchev–Trinajstić information content (AvgIpc) is 3.20. The monoisotopic (exact) mass is 405 g/mol. The molecular weight excluding hydrogens is 394 g/mol. The molecule has 0 saturated heterocycles. The quantitative estimate of drug-likeness (QED) is 0.461. The lowest BCUT2D eigenvalue weighted by Gasteiger charge is -2.07. The molecule has 0 saturated carbocycles. The van der Waals surface area contributed by atoms with Gasteiger partial charge in [-0.3, -0.25) is 14.9 Å². The number of nitro groups is 1. The fourth-order valence-electron chi connectivity index (χ4n) is 2.77. The molecule has 0 aliphatic heterocycles. The Morgan fingerprint density at radius 1 is 1.41 bits per heavy atom. The first-order chi connectivity index (χ1) is 12.9. The summed E-state index contributed by atoms with van der Waals surface area (Å²) in [5, 5.41) is 23.1. The van der Waals surface area contributed by atoms with Crippen molar-refractivity contribution in [2.45, 2.75) is 19.3 Å². The Morgan fingerprint density at radius 3 is 2.89 bits per heavy atom. The van der Waals surface area contributed by atoms with E-state index in [1.807, 2.05) is 0 Å². The molecule has 3 rings (SSSR count). The van der Waals surface area contributed by atoms with E-state index in [1.165, 1.54) is 17.4 Å². The summed E-state index contributed by atoms with van der Waals surface area (Å²) >= 11 is 7.21. The van der Waals surface area contributed by atoms with E-state index >= 15 is 0 Å². The molecule has 1 heterocycles. The van der Waals surface area contributed by atoms with Crippen LogP contribution in [-0.4, -0.2) is 23.4 Å². The summed E-state index contributed by atoms with van der Waals surface area (Å²) in [5.41, 5.74) is 0.904. The number of rotatable bonds is 5. The molecule has 0 atom stereocenters. The predicted octanol–water partition coefficient (Wildman–Crippen LogP) is 3.47. The van der Waals surface area contributed by atoms with Gasteiger partial charge in [-0.2, -0.15) is 5.26 Å². The first-order valence-electron chi connectivity index (χ1n) is 7.86. The van der Waals surface area contributed by atoms with Gasteiger partial charge in [0.25, 0.3) is 11.6 Å². The molecule has 0 radical (unpaired) electrons. The van der Waals surface area contributed by atoms with E-state index in [2.05, 4.69) is 11.4 Å². The molecule has 0 spiro atoms. The summed E-state index contributed by atoms with van der Waals surface area (Å²) in [6.45, 7) is -0.606. The van der Waals surface area contributed by atoms with Crippen molar-refractivity contribution >= 4 is 45.5 Å². The van der Waals surface area contributed by atoms with Gasteiger partial charge < -0.3 is 10.1 Å². The molecule has 1 amide bonds. The SMILES string of the molecule is N#Cc1c(NC(=O)COC(=O)c2cc([N+](=O)[O-])ccc2Cl)sc2c1CCC2. The minimum Gasteiger partial charge on any atom is -0.452 e. The standard InChI is InChI=1S/C17H12ClN3O5S/c18-13-5-4-9(21(24)25)6-11(13)17(23)26-8-15(22)20-16-12(7-19)10-2-1-3-14(10)27-16/h4-6H,1-3,8H2,(H,20,22). The van der Waals surface area contributed by atoms with E-state index in [4.69, 9.17) is 16.3 Å². The zero-order valence-corrected chi connectivity index (χ0v) is 15.4. The molecule has 1 aliphatic carbocycles. The van der Waals surface area contributed by atoms with E-state index in [0.29, 0.717) is 10.6 Å². The number of nitro benzene ring substituents is 1. The molecule has 1 N–H and O–H groups in total. The third-order valence-corrected chi connectivity index (χ3v) is 5.54.